The lowest BCUT2D eigenvalue weighted by atomic mass is 10.2. The van der Waals surface area contributed by atoms with Crippen molar-refractivity contribution < 1.29 is 17.6 Å². The summed E-state index contributed by atoms with van der Waals surface area (Å²) in [4.78, 5) is 10.8. The van der Waals surface area contributed by atoms with Gasteiger partial charge in [-0.3, -0.25) is 4.79 Å². The van der Waals surface area contributed by atoms with E-state index in [1.165, 1.54) is 24.3 Å². The first-order valence-electron chi connectivity index (χ1n) is 5.95. The van der Waals surface area contributed by atoms with Gasteiger partial charge >= 0.3 is 0 Å². The van der Waals surface area contributed by atoms with Gasteiger partial charge in [-0.25, -0.2) is 8.42 Å². The van der Waals surface area contributed by atoms with Crippen LogP contribution >= 0.6 is 11.6 Å². The standard InChI is InChI=1S/C14H13ClO4S/c1-9(2)20(17,18)11-4-5-13(15)12(7-11)14-6-3-10(8-16)19-14/h3-9H,1-2H3. The van der Waals surface area contributed by atoms with E-state index in [9.17, 15) is 13.2 Å². The van der Waals surface area contributed by atoms with Crippen molar-refractivity contribution in [2.75, 3.05) is 0 Å². The van der Waals surface area contributed by atoms with Crippen LogP contribution in [0.4, 0.5) is 0 Å². The van der Waals surface area contributed by atoms with Crippen molar-refractivity contribution in [3.05, 3.63) is 41.1 Å². The molecule has 20 heavy (non-hydrogen) atoms. The Morgan fingerprint density at radius 1 is 1.20 bits per heavy atom. The lowest BCUT2D eigenvalue weighted by Crippen LogP contribution is -2.13. The summed E-state index contributed by atoms with van der Waals surface area (Å²) in [5, 5.41) is -0.168. The van der Waals surface area contributed by atoms with Crippen LogP contribution < -0.4 is 0 Å². The Labute approximate surface area is 122 Å². The molecule has 0 bridgehead atoms. The smallest absolute Gasteiger partial charge is 0.185 e. The number of halogens is 1. The van der Waals surface area contributed by atoms with Gasteiger partial charge in [0.05, 0.1) is 15.2 Å². The van der Waals surface area contributed by atoms with Gasteiger partial charge < -0.3 is 4.42 Å². The molecule has 0 amide bonds. The van der Waals surface area contributed by atoms with E-state index < -0.39 is 15.1 Å². The fourth-order valence-corrected chi connectivity index (χ4v) is 3.00. The van der Waals surface area contributed by atoms with E-state index in [0.29, 0.717) is 22.6 Å². The number of carbonyl (C=O) groups excluding carboxylic acids is 1. The normalized spacial score (nSPS) is 11.8. The molecule has 0 spiro atoms. The van der Waals surface area contributed by atoms with Crippen molar-refractivity contribution >= 4 is 27.7 Å². The highest BCUT2D eigenvalue weighted by Crippen LogP contribution is 2.32. The average Bonchev–Trinajstić information content (AvgIpc) is 2.87. The fraction of sp³-hybridized carbons (Fsp3) is 0.214. The first-order chi connectivity index (χ1) is 9.36. The highest BCUT2D eigenvalue weighted by molar-refractivity contribution is 7.92. The highest BCUT2D eigenvalue weighted by Gasteiger charge is 2.21. The van der Waals surface area contributed by atoms with E-state index in [1.807, 2.05) is 0 Å². The molecule has 1 aromatic heterocycles. The molecule has 2 rings (SSSR count). The van der Waals surface area contributed by atoms with Crippen molar-refractivity contribution in [1.29, 1.82) is 0 Å². The third-order valence-electron chi connectivity index (χ3n) is 2.90. The van der Waals surface area contributed by atoms with Crippen molar-refractivity contribution in [2.45, 2.75) is 24.0 Å². The molecule has 0 N–H and O–H groups in total. The number of rotatable bonds is 4. The van der Waals surface area contributed by atoms with E-state index in [4.69, 9.17) is 16.0 Å². The van der Waals surface area contributed by atoms with E-state index in [0.717, 1.165) is 0 Å². The Morgan fingerprint density at radius 3 is 2.45 bits per heavy atom. The zero-order chi connectivity index (χ0) is 14.9. The zero-order valence-electron chi connectivity index (χ0n) is 11.0. The number of furan rings is 1. The number of hydrogen-bond donors (Lipinski definition) is 0. The second-order valence-corrected chi connectivity index (χ2v) is 7.47. The van der Waals surface area contributed by atoms with Crippen LogP contribution in [-0.4, -0.2) is 20.0 Å². The van der Waals surface area contributed by atoms with Crippen LogP contribution in [0.15, 0.2) is 39.6 Å². The molecule has 0 saturated heterocycles. The Hall–Kier alpha value is -1.59. The van der Waals surface area contributed by atoms with E-state index in [1.54, 1.807) is 19.9 Å². The minimum atomic E-state index is -3.39. The number of aldehydes is 1. The maximum atomic E-state index is 12.2. The highest BCUT2D eigenvalue weighted by atomic mass is 35.5. The molecule has 0 radical (unpaired) electrons. The quantitative estimate of drug-likeness (QED) is 0.809. The predicted molar refractivity (Wildman–Crippen MR) is 76.9 cm³/mol. The second-order valence-electron chi connectivity index (χ2n) is 4.56. The first kappa shape index (κ1) is 14.8. The van der Waals surface area contributed by atoms with Crippen LogP contribution in [0.3, 0.4) is 0 Å². The van der Waals surface area contributed by atoms with Crippen molar-refractivity contribution in [3.8, 4) is 11.3 Å². The maximum absolute atomic E-state index is 12.2. The molecule has 4 nitrogen and oxygen atoms in total. The molecule has 1 heterocycles. The molecular weight excluding hydrogens is 300 g/mol. The number of benzene rings is 1. The van der Waals surface area contributed by atoms with Crippen LogP contribution in [0.2, 0.25) is 5.02 Å². The van der Waals surface area contributed by atoms with Crippen LogP contribution in [0.1, 0.15) is 24.4 Å². The summed E-state index contributed by atoms with van der Waals surface area (Å²) in [5.41, 5.74) is 0.446. The Kier molecular flexibility index (Phi) is 4.01. The van der Waals surface area contributed by atoms with Crippen molar-refractivity contribution in [2.24, 2.45) is 0 Å². The van der Waals surface area contributed by atoms with Gasteiger partial charge in [0.25, 0.3) is 0 Å². The van der Waals surface area contributed by atoms with Gasteiger partial charge in [0.2, 0.25) is 0 Å². The summed E-state index contributed by atoms with van der Waals surface area (Å²) in [6, 6.07) is 7.52. The molecule has 0 atom stereocenters. The first-order valence-corrected chi connectivity index (χ1v) is 7.87. The summed E-state index contributed by atoms with van der Waals surface area (Å²) >= 11 is 6.07. The van der Waals surface area contributed by atoms with E-state index in [-0.39, 0.29) is 10.7 Å². The molecule has 0 aliphatic rings. The monoisotopic (exact) mass is 312 g/mol. The Morgan fingerprint density at radius 2 is 1.90 bits per heavy atom. The van der Waals surface area contributed by atoms with Gasteiger partial charge in [-0.15, -0.1) is 0 Å². The number of sulfone groups is 1. The topological polar surface area (TPSA) is 64.3 Å². The van der Waals surface area contributed by atoms with Gasteiger partial charge in [0, 0.05) is 5.56 Å². The Bertz CT molecular complexity index is 744. The fourth-order valence-electron chi connectivity index (χ4n) is 1.70. The molecule has 0 fully saturated rings. The molecular formula is C14H13ClO4S. The van der Waals surface area contributed by atoms with E-state index >= 15 is 0 Å². The van der Waals surface area contributed by atoms with Gasteiger partial charge in [0.1, 0.15) is 5.76 Å². The molecule has 0 saturated carbocycles. The van der Waals surface area contributed by atoms with Crippen LogP contribution in [0.25, 0.3) is 11.3 Å². The van der Waals surface area contributed by atoms with Gasteiger partial charge in [-0.2, -0.15) is 0 Å². The second kappa shape index (κ2) is 5.42. The maximum Gasteiger partial charge on any atom is 0.185 e. The molecule has 106 valence electrons. The summed E-state index contributed by atoms with van der Waals surface area (Å²) < 4.78 is 29.6. The summed E-state index contributed by atoms with van der Waals surface area (Å²) in [6.45, 7) is 3.22. The Balaban J connectivity index is 2.57. The summed E-state index contributed by atoms with van der Waals surface area (Å²) in [5.74, 6) is 0.520. The minimum Gasteiger partial charge on any atom is -0.453 e. The summed E-state index contributed by atoms with van der Waals surface area (Å²) in [6.07, 6.45) is 0.576. The average molecular weight is 313 g/mol. The van der Waals surface area contributed by atoms with Gasteiger partial charge in [-0.1, -0.05) is 11.6 Å². The third kappa shape index (κ3) is 2.64. The lowest BCUT2D eigenvalue weighted by molar-refractivity contribution is 0.110. The van der Waals surface area contributed by atoms with Crippen LogP contribution in [0.5, 0.6) is 0 Å². The lowest BCUT2D eigenvalue weighted by Gasteiger charge is -2.09. The largest absolute Gasteiger partial charge is 0.453 e. The van der Waals surface area contributed by atoms with E-state index in [2.05, 4.69) is 0 Å². The third-order valence-corrected chi connectivity index (χ3v) is 5.38. The molecule has 0 aliphatic heterocycles. The SMILES string of the molecule is CC(C)S(=O)(=O)c1ccc(Cl)c(-c2ccc(C=O)o2)c1. The minimum absolute atomic E-state index is 0.160. The molecule has 0 unspecified atom stereocenters. The van der Waals surface area contributed by atoms with Crippen LogP contribution in [0, 0.1) is 0 Å². The van der Waals surface area contributed by atoms with Gasteiger partial charge in [-0.05, 0) is 44.2 Å². The molecule has 6 heteroatoms. The molecule has 2 aromatic rings. The van der Waals surface area contributed by atoms with Gasteiger partial charge in [0.15, 0.2) is 21.9 Å². The molecule has 1 aromatic carbocycles. The summed E-state index contributed by atoms with van der Waals surface area (Å²) in [7, 11) is -3.39. The van der Waals surface area contributed by atoms with Crippen molar-refractivity contribution in [3.63, 3.8) is 0 Å². The number of carbonyl (C=O) groups is 1. The number of hydrogen-bond acceptors (Lipinski definition) is 4. The predicted octanol–water partition coefficient (Wildman–Crippen LogP) is 3.59. The van der Waals surface area contributed by atoms with Crippen molar-refractivity contribution in [1.82, 2.24) is 0 Å². The zero-order valence-corrected chi connectivity index (χ0v) is 12.5. The molecule has 0 aliphatic carbocycles. The van der Waals surface area contributed by atoms with Crippen LogP contribution in [-0.2, 0) is 9.84 Å².